The fourth-order valence-corrected chi connectivity index (χ4v) is 2.14. The Bertz CT molecular complexity index is 525. The Morgan fingerprint density at radius 1 is 1.13 bits per heavy atom. The third kappa shape index (κ3) is 6.99. The number of rotatable bonds is 6. The number of aromatic nitrogens is 1. The first-order valence-corrected chi connectivity index (χ1v) is 7.16. The summed E-state index contributed by atoms with van der Waals surface area (Å²) in [4.78, 5) is 16.3. The summed E-state index contributed by atoms with van der Waals surface area (Å²) in [6, 6.07) is 13.6. The minimum absolute atomic E-state index is 0. The van der Waals surface area contributed by atoms with Gasteiger partial charge in [-0.1, -0.05) is 36.4 Å². The molecule has 0 aliphatic rings. The standard InChI is InChI=1S/C17H21N3O.2ClH/c1-13(18)9-10-16(21)20-17(14-6-3-2-4-7-14)15-8-5-11-19-12-15;;/h2-8,11-13,17H,9-10,18H2,1H3,(H,20,21);2*1H. The lowest BCUT2D eigenvalue weighted by atomic mass is 10.00. The minimum atomic E-state index is -0.180. The molecule has 0 saturated heterocycles. The topological polar surface area (TPSA) is 68.0 Å². The molecule has 0 aliphatic carbocycles. The first-order chi connectivity index (χ1) is 10.2. The van der Waals surface area contributed by atoms with E-state index in [9.17, 15) is 4.79 Å². The molecule has 0 fully saturated rings. The van der Waals surface area contributed by atoms with Crippen LogP contribution in [0.1, 0.15) is 36.9 Å². The number of nitrogens with two attached hydrogens (primary N) is 1. The van der Waals surface area contributed by atoms with Crippen LogP contribution in [0.15, 0.2) is 54.9 Å². The van der Waals surface area contributed by atoms with Crippen LogP contribution in [0.5, 0.6) is 0 Å². The highest BCUT2D eigenvalue weighted by atomic mass is 35.5. The van der Waals surface area contributed by atoms with Gasteiger partial charge in [0, 0.05) is 24.9 Å². The Hall–Kier alpha value is -1.62. The zero-order valence-electron chi connectivity index (χ0n) is 13.0. The molecule has 0 saturated carbocycles. The Labute approximate surface area is 149 Å². The third-order valence-corrected chi connectivity index (χ3v) is 3.28. The Morgan fingerprint density at radius 2 is 1.78 bits per heavy atom. The van der Waals surface area contributed by atoms with Gasteiger partial charge < -0.3 is 11.1 Å². The summed E-state index contributed by atoms with van der Waals surface area (Å²) in [5.74, 6) is 0.00464. The van der Waals surface area contributed by atoms with E-state index in [1.165, 1.54) is 0 Å². The largest absolute Gasteiger partial charge is 0.345 e. The van der Waals surface area contributed by atoms with Gasteiger partial charge in [-0.2, -0.15) is 0 Å². The lowest BCUT2D eigenvalue weighted by Crippen LogP contribution is -2.30. The van der Waals surface area contributed by atoms with E-state index in [-0.39, 0.29) is 42.8 Å². The van der Waals surface area contributed by atoms with Crippen molar-refractivity contribution in [2.45, 2.75) is 31.8 Å². The molecule has 4 nitrogen and oxygen atoms in total. The van der Waals surface area contributed by atoms with E-state index in [1.807, 2.05) is 49.4 Å². The first-order valence-electron chi connectivity index (χ1n) is 7.16. The molecule has 0 spiro atoms. The van der Waals surface area contributed by atoms with Gasteiger partial charge >= 0.3 is 0 Å². The van der Waals surface area contributed by atoms with Gasteiger partial charge in [-0.25, -0.2) is 0 Å². The number of benzene rings is 1. The van der Waals surface area contributed by atoms with Crippen LogP contribution < -0.4 is 11.1 Å². The van der Waals surface area contributed by atoms with Crippen LogP contribution in [-0.2, 0) is 4.79 Å². The van der Waals surface area contributed by atoms with Crippen molar-refractivity contribution >= 4 is 30.7 Å². The maximum absolute atomic E-state index is 12.1. The van der Waals surface area contributed by atoms with Crippen LogP contribution in [0.25, 0.3) is 0 Å². The van der Waals surface area contributed by atoms with Gasteiger partial charge in [0.2, 0.25) is 5.91 Å². The molecule has 2 rings (SSSR count). The van der Waals surface area contributed by atoms with E-state index in [1.54, 1.807) is 12.4 Å². The number of nitrogens with one attached hydrogen (secondary N) is 1. The molecule has 0 radical (unpaired) electrons. The van der Waals surface area contributed by atoms with Gasteiger partial charge in [-0.05, 0) is 30.5 Å². The van der Waals surface area contributed by atoms with Gasteiger partial charge in [0.1, 0.15) is 0 Å². The van der Waals surface area contributed by atoms with Crippen molar-refractivity contribution in [3.63, 3.8) is 0 Å². The van der Waals surface area contributed by atoms with Crippen LogP contribution >= 0.6 is 24.8 Å². The molecule has 1 aromatic carbocycles. The maximum atomic E-state index is 12.1. The Balaban J connectivity index is 0.00000242. The number of hydrogen-bond acceptors (Lipinski definition) is 3. The summed E-state index contributed by atoms with van der Waals surface area (Å²) in [5.41, 5.74) is 7.72. The van der Waals surface area contributed by atoms with Crippen LogP contribution in [0.4, 0.5) is 0 Å². The molecule has 0 aliphatic heterocycles. The van der Waals surface area contributed by atoms with E-state index in [0.29, 0.717) is 12.8 Å². The summed E-state index contributed by atoms with van der Waals surface area (Å²) < 4.78 is 0. The highest BCUT2D eigenvalue weighted by Gasteiger charge is 2.16. The molecule has 1 heterocycles. The van der Waals surface area contributed by atoms with E-state index in [0.717, 1.165) is 11.1 Å². The average Bonchev–Trinajstić information content (AvgIpc) is 2.52. The molecular weight excluding hydrogens is 333 g/mol. The van der Waals surface area contributed by atoms with Crippen molar-refractivity contribution in [1.29, 1.82) is 0 Å². The summed E-state index contributed by atoms with van der Waals surface area (Å²) in [5, 5.41) is 3.07. The normalized spacial score (nSPS) is 12.3. The van der Waals surface area contributed by atoms with Crippen molar-refractivity contribution in [2.75, 3.05) is 0 Å². The zero-order valence-corrected chi connectivity index (χ0v) is 14.6. The monoisotopic (exact) mass is 355 g/mol. The molecule has 2 atom stereocenters. The van der Waals surface area contributed by atoms with Gasteiger partial charge in [0.25, 0.3) is 0 Å². The zero-order chi connectivity index (χ0) is 15.1. The molecule has 1 aromatic heterocycles. The number of hydrogen-bond donors (Lipinski definition) is 2. The Morgan fingerprint density at radius 3 is 2.35 bits per heavy atom. The predicted octanol–water partition coefficient (Wildman–Crippen LogP) is 3.26. The number of halogens is 2. The van der Waals surface area contributed by atoms with E-state index < -0.39 is 0 Å². The highest BCUT2D eigenvalue weighted by molar-refractivity contribution is 5.85. The minimum Gasteiger partial charge on any atom is -0.345 e. The fraction of sp³-hybridized carbons (Fsp3) is 0.294. The van der Waals surface area contributed by atoms with Crippen LogP contribution in [0.3, 0.4) is 0 Å². The molecular formula is C17H23Cl2N3O. The summed E-state index contributed by atoms with van der Waals surface area (Å²) >= 11 is 0. The van der Waals surface area contributed by atoms with E-state index in [4.69, 9.17) is 5.73 Å². The number of carbonyl (C=O) groups excluding carboxylic acids is 1. The number of carbonyl (C=O) groups is 1. The number of pyridine rings is 1. The van der Waals surface area contributed by atoms with Gasteiger partial charge in [-0.3, -0.25) is 9.78 Å². The second-order valence-corrected chi connectivity index (χ2v) is 5.21. The highest BCUT2D eigenvalue weighted by Crippen LogP contribution is 2.21. The lowest BCUT2D eigenvalue weighted by Gasteiger charge is -2.19. The molecule has 6 heteroatoms. The summed E-state index contributed by atoms with van der Waals surface area (Å²) in [6.07, 6.45) is 4.62. The maximum Gasteiger partial charge on any atom is 0.220 e. The second-order valence-electron chi connectivity index (χ2n) is 5.21. The van der Waals surface area contributed by atoms with Gasteiger partial charge in [0.05, 0.1) is 6.04 Å². The molecule has 2 aromatic rings. The smallest absolute Gasteiger partial charge is 0.220 e. The molecule has 2 unspecified atom stereocenters. The Kier molecular flexibility index (Phi) is 10.2. The lowest BCUT2D eigenvalue weighted by molar-refractivity contribution is -0.121. The van der Waals surface area contributed by atoms with Crippen LogP contribution in [0, 0.1) is 0 Å². The second kappa shape index (κ2) is 11.0. The molecule has 1 amide bonds. The van der Waals surface area contributed by atoms with Crippen molar-refractivity contribution < 1.29 is 4.79 Å². The van der Waals surface area contributed by atoms with E-state index in [2.05, 4.69) is 10.3 Å². The van der Waals surface area contributed by atoms with Gasteiger partial charge in [0.15, 0.2) is 0 Å². The number of amides is 1. The summed E-state index contributed by atoms with van der Waals surface area (Å²) in [7, 11) is 0. The van der Waals surface area contributed by atoms with Crippen molar-refractivity contribution in [3.05, 3.63) is 66.0 Å². The first kappa shape index (κ1) is 21.4. The molecule has 0 bridgehead atoms. The van der Waals surface area contributed by atoms with Crippen LogP contribution in [-0.4, -0.2) is 16.9 Å². The number of nitrogens with zero attached hydrogens (tertiary/aromatic N) is 1. The van der Waals surface area contributed by atoms with E-state index >= 15 is 0 Å². The molecule has 3 N–H and O–H groups in total. The molecule has 126 valence electrons. The van der Waals surface area contributed by atoms with Crippen molar-refractivity contribution in [1.82, 2.24) is 10.3 Å². The van der Waals surface area contributed by atoms with Crippen molar-refractivity contribution in [3.8, 4) is 0 Å². The third-order valence-electron chi connectivity index (χ3n) is 3.28. The van der Waals surface area contributed by atoms with Crippen LogP contribution in [0.2, 0.25) is 0 Å². The van der Waals surface area contributed by atoms with Gasteiger partial charge in [-0.15, -0.1) is 24.8 Å². The molecule has 23 heavy (non-hydrogen) atoms. The quantitative estimate of drug-likeness (QED) is 0.835. The summed E-state index contributed by atoms with van der Waals surface area (Å²) in [6.45, 7) is 1.91. The predicted molar refractivity (Wildman–Crippen MR) is 98.0 cm³/mol. The fourth-order valence-electron chi connectivity index (χ4n) is 2.14. The van der Waals surface area contributed by atoms with Crippen molar-refractivity contribution in [2.24, 2.45) is 5.73 Å². The SMILES string of the molecule is CC(N)CCC(=O)NC(c1ccccc1)c1cccnc1.Cl.Cl. The average molecular weight is 356 g/mol.